The fourth-order valence-electron chi connectivity index (χ4n) is 4.87. The van der Waals surface area contributed by atoms with Crippen LogP contribution in [0.4, 0.5) is 5.69 Å². The van der Waals surface area contributed by atoms with Crippen LogP contribution in [0.2, 0.25) is 5.02 Å². The summed E-state index contributed by atoms with van der Waals surface area (Å²) in [5, 5.41) is 3.71. The molecule has 0 aliphatic heterocycles. The van der Waals surface area contributed by atoms with Gasteiger partial charge in [-0.25, -0.2) is 8.42 Å². The molecule has 1 atom stereocenters. The number of carbonyl (C=O) groups excluding carboxylic acids is 2. The van der Waals surface area contributed by atoms with Gasteiger partial charge in [0, 0.05) is 30.6 Å². The highest BCUT2D eigenvalue weighted by atomic mass is 35.5. The molecule has 0 bridgehead atoms. The van der Waals surface area contributed by atoms with E-state index in [9.17, 15) is 18.0 Å². The standard InChI is InChI=1S/C28H38ClN3O4S/c1-3-26(28(34)30-23-14-6-4-7-15-23)31(21-22-13-10-11-18-25(22)29)27(33)19-12-20-32(37(2,35)36)24-16-8-5-9-17-24/h5,8-11,13,16-18,23,26H,3-4,6-7,12,14-15,19-21H2,1-2H3,(H,30,34). The summed E-state index contributed by atoms with van der Waals surface area (Å²) in [7, 11) is -3.51. The summed E-state index contributed by atoms with van der Waals surface area (Å²) in [6.45, 7) is 2.28. The van der Waals surface area contributed by atoms with Crippen molar-refractivity contribution in [3.05, 3.63) is 65.2 Å². The van der Waals surface area contributed by atoms with Crippen LogP contribution in [0.25, 0.3) is 0 Å². The molecule has 1 saturated carbocycles. The molecular weight excluding hydrogens is 510 g/mol. The second-order valence-electron chi connectivity index (χ2n) is 9.65. The number of benzene rings is 2. The molecule has 7 nitrogen and oxygen atoms in total. The molecular formula is C28H38ClN3O4S. The molecule has 1 fully saturated rings. The first-order chi connectivity index (χ1) is 17.7. The van der Waals surface area contributed by atoms with Crippen molar-refractivity contribution in [3.63, 3.8) is 0 Å². The first-order valence-electron chi connectivity index (χ1n) is 13.1. The number of sulfonamides is 1. The van der Waals surface area contributed by atoms with Crippen LogP contribution in [0.1, 0.15) is 63.9 Å². The van der Waals surface area contributed by atoms with Gasteiger partial charge in [-0.15, -0.1) is 0 Å². The molecule has 0 saturated heterocycles. The van der Waals surface area contributed by atoms with Crippen LogP contribution in [0, 0.1) is 0 Å². The Morgan fingerprint density at radius 3 is 2.30 bits per heavy atom. The quantitative estimate of drug-likeness (QED) is 0.398. The number of anilines is 1. The van der Waals surface area contributed by atoms with Gasteiger partial charge in [-0.05, 0) is 49.4 Å². The maximum Gasteiger partial charge on any atom is 0.243 e. The average molecular weight is 548 g/mol. The van der Waals surface area contributed by atoms with Crippen LogP contribution in [0.15, 0.2) is 54.6 Å². The number of hydrogen-bond acceptors (Lipinski definition) is 4. The van der Waals surface area contributed by atoms with E-state index in [1.807, 2.05) is 31.2 Å². The Bertz CT molecular complexity index is 1140. The van der Waals surface area contributed by atoms with E-state index in [-0.39, 0.29) is 37.4 Å². The molecule has 1 aliphatic carbocycles. The van der Waals surface area contributed by atoms with Gasteiger partial charge >= 0.3 is 0 Å². The molecule has 37 heavy (non-hydrogen) atoms. The number of para-hydroxylation sites is 1. The molecule has 3 rings (SSSR count). The Morgan fingerprint density at radius 1 is 1.03 bits per heavy atom. The van der Waals surface area contributed by atoms with Crippen LogP contribution >= 0.6 is 11.6 Å². The van der Waals surface area contributed by atoms with Crippen LogP contribution in [-0.4, -0.2) is 50.0 Å². The van der Waals surface area contributed by atoms with E-state index in [4.69, 9.17) is 11.6 Å². The van der Waals surface area contributed by atoms with Crippen molar-refractivity contribution in [2.45, 2.75) is 76.9 Å². The number of hydrogen-bond donors (Lipinski definition) is 1. The third kappa shape index (κ3) is 8.47. The molecule has 1 unspecified atom stereocenters. The smallest absolute Gasteiger partial charge is 0.243 e. The molecule has 202 valence electrons. The number of nitrogens with one attached hydrogen (secondary N) is 1. The van der Waals surface area contributed by atoms with Crippen molar-refractivity contribution in [1.29, 1.82) is 0 Å². The van der Waals surface area contributed by atoms with Gasteiger partial charge in [0.1, 0.15) is 6.04 Å². The normalized spacial score (nSPS) is 15.1. The fourth-order valence-corrected chi connectivity index (χ4v) is 6.03. The predicted molar refractivity (Wildman–Crippen MR) is 149 cm³/mol. The number of rotatable bonds is 12. The van der Waals surface area contributed by atoms with Crippen molar-refractivity contribution in [1.82, 2.24) is 10.2 Å². The summed E-state index contributed by atoms with van der Waals surface area (Å²) in [6, 6.07) is 15.7. The summed E-state index contributed by atoms with van der Waals surface area (Å²) in [6.07, 6.45) is 7.36. The monoisotopic (exact) mass is 547 g/mol. The van der Waals surface area contributed by atoms with Gasteiger partial charge < -0.3 is 10.2 Å². The molecule has 1 aliphatic rings. The van der Waals surface area contributed by atoms with E-state index in [2.05, 4.69) is 5.32 Å². The third-order valence-electron chi connectivity index (χ3n) is 6.83. The highest BCUT2D eigenvalue weighted by Crippen LogP contribution is 2.23. The number of amides is 2. The highest BCUT2D eigenvalue weighted by molar-refractivity contribution is 7.92. The maximum absolute atomic E-state index is 13.6. The minimum Gasteiger partial charge on any atom is -0.352 e. The molecule has 0 radical (unpaired) electrons. The van der Waals surface area contributed by atoms with Gasteiger partial charge in [-0.1, -0.05) is 74.2 Å². The highest BCUT2D eigenvalue weighted by Gasteiger charge is 2.30. The van der Waals surface area contributed by atoms with E-state index in [1.165, 1.54) is 10.7 Å². The second-order valence-corrected chi connectivity index (χ2v) is 12.0. The Hall–Kier alpha value is -2.58. The molecule has 2 aromatic carbocycles. The van der Waals surface area contributed by atoms with Gasteiger partial charge in [-0.2, -0.15) is 0 Å². The number of carbonyl (C=O) groups is 2. The van der Waals surface area contributed by atoms with E-state index in [0.29, 0.717) is 23.6 Å². The lowest BCUT2D eigenvalue weighted by Crippen LogP contribution is -2.51. The van der Waals surface area contributed by atoms with Gasteiger partial charge in [0.05, 0.1) is 11.9 Å². The lowest BCUT2D eigenvalue weighted by Gasteiger charge is -2.33. The Morgan fingerprint density at radius 2 is 1.68 bits per heavy atom. The lowest BCUT2D eigenvalue weighted by atomic mass is 9.95. The first kappa shape index (κ1) is 29.0. The maximum atomic E-state index is 13.6. The van der Waals surface area contributed by atoms with Crippen LogP contribution in [-0.2, 0) is 26.2 Å². The van der Waals surface area contributed by atoms with Gasteiger partial charge in [0.25, 0.3) is 0 Å². The van der Waals surface area contributed by atoms with Crippen LogP contribution in [0.5, 0.6) is 0 Å². The van der Waals surface area contributed by atoms with E-state index in [1.54, 1.807) is 35.2 Å². The van der Waals surface area contributed by atoms with Gasteiger partial charge in [-0.3, -0.25) is 13.9 Å². The van der Waals surface area contributed by atoms with Gasteiger partial charge in [0.15, 0.2) is 0 Å². The van der Waals surface area contributed by atoms with Crippen LogP contribution in [0.3, 0.4) is 0 Å². The van der Waals surface area contributed by atoms with E-state index in [0.717, 1.165) is 37.5 Å². The fraction of sp³-hybridized carbons (Fsp3) is 0.500. The topological polar surface area (TPSA) is 86.8 Å². The average Bonchev–Trinajstić information content (AvgIpc) is 2.88. The molecule has 1 N–H and O–H groups in total. The third-order valence-corrected chi connectivity index (χ3v) is 8.40. The van der Waals surface area contributed by atoms with Crippen LogP contribution < -0.4 is 9.62 Å². The Kier molecular flexibility index (Phi) is 10.8. The van der Waals surface area contributed by atoms with Crippen molar-refractivity contribution in [2.24, 2.45) is 0 Å². The van der Waals surface area contributed by atoms with Crippen molar-refractivity contribution in [2.75, 3.05) is 17.1 Å². The molecule has 2 amide bonds. The zero-order chi connectivity index (χ0) is 26.8. The first-order valence-corrected chi connectivity index (χ1v) is 15.3. The lowest BCUT2D eigenvalue weighted by molar-refractivity contribution is -0.141. The molecule has 0 heterocycles. The van der Waals surface area contributed by atoms with E-state index >= 15 is 0 Å². The van der Waals surface area contributed by atoms with Crippen molar-refractivity contribution in [3.8, 4) is 0 Å². The number of nitrogens with zero attached hydrogens (tertiary/aromatic N) is 2. The summed E-state index contributed by atoms with van der Waals surface area (Å²) < 4.78 is 26.1. The summed E-state index contributed by atoms with van der Waals surface area (Å²) in [4.78, 5) is 28.5. The van der Waals surface area contributed by atoms with Crippen molar-refractivity contribution >= 4 is 39.1 Å². The summed E-state index contributed by atoms with van der Waals surface area (Å²) in [5.41, 5.74) is 1.33. The SMILES string of the molecule is CCC(C(=O)NC1CCCCC1)N(Cc1ccccc1Cl)C(=O)CCCN(c1ccccc1)S(C)(=O)=O. The zero-order valence-electron chi connectivity index (χ0n) is 21.7. The second kappa shape index (κ2) is 13.8. The van der Waals surface area contributed by atoms with E-state index < -0.39 is 16.1 Å². The molecule has 2 aromatic rings. The summed E-state index contributed by atoms with van der Waals surface area (Å²) in [5.74, 6) is -0.344. The molecule has 0 spiro atoms. The van der Waals surface area contributed by atoms with Gasteiger partial charge in [0.2, 0.25) is 21.8 Å². The Labute approximate surface area is 226 Å². The predicted octanol–water partition coefficient (Wildman–Crippen LogP) is 5.14. The Balaban J connectivity index is 1.75. The largest absolute Gasteiger partial charge is 0.352 e. The molecule has 9 heteroatoms. The molecule has 0 aromatic heterocycles. The zero-order valence-corrected chi connectivity index (χ0v) is 23.3. The minimum atomic E-state index is -3.51. The minimum absolute atomic E-state index is 0.108. The van der Waals surface area contributed by atoms with Crippen molar-refractivity contribution < 1.29 is 18.0 Å². The number of halogens is 1. The summed E-state index contributed by atoms with van der Waals surface area (Å²) >= 11 is 6.41.